The Labute approximate surface area is 94.1 Å². The first-order valence-corrected chi connectivity index (χ1v) is 6.01. The van der Waals surface area contributed by atoms with Crippen molar-refractivity contribution in [2.24, 2.45) is 0 Å². The highest BCUT2D eigenvalue weighted by atomic mass is 35.5. The second kappa shape index (κ2) is 5.63. The molecule has 0 aliphatic heterocycles. The van der Waals surface area contributed by atoms with E-state index in [1.54, 1.807) is 0 Å². The minimum Gasteiger partial charge on any atom is -0.297 e. The van der Waals surface area contributed by atoms with E-state index < -0.39 is 0 Å². The molecule has 1 aromatic rings. The summed E-state index contributed by atoms with van der Waals surface area (Å²) in [7, 11) is 2.11. The molecule has 0 saturated heterocycles. The molecule has 1 heterocycles. The molecule has 3 nitrogen and oxygen atoms in total. The van der Waals surface area contributed by atoms with Gasteiger partial charge in [-0.15, -0.1) is 10.2 Å². The smallest absolute Gasteiger partial charge is 0.207 e. The van der Waals surface area contributed by atoms with Crippen LogP contribution in [0.4, 0.5) is 0 Å². The van der Waals surface area contributed by atoms with Crippen LogP contribution in [-0.4, -0.2) is 28.2 Å². The van der Waals surface area contributed by atoms with Crippen molar-refractivity contribution in [3.05, 3.63) is 9.47 Å². The third kappa shape index (κ3) is 3.52. The highest BCUT2D eigenvalue weighted by Gasteiger charge is 2.11. The number of halogens is 1. The van der Waals surface area contributed by atoms with Gasteiger partial charge in [0.05, 0.1) is 6.54 Å². The van der Waals surface area contributed by atoms with Gasteiger partial charge < -0.3 is 0 Å². The van der Waals surface area contributed by atoms with Crippen LogP contribution in [0.1, 0.15) is 31.7 Å². The molecule has 5 heteroatoms. The average Bonchev–Trinajstić information content (AvgIpc) is 2.51. The highest BCUT2D eigenvalue weighted by molar-refractivity contribution is 7.15. The Kier molecular flexibility index (Phi) is 4.78. The lowest BCUT2D eigenvalue weighted by molar-refractivity contribution is 0.236. The van der Waals surface area contributed by atoms with Gasteiger partial charge in [0.1, 0.15) is 5.01 Å². The Bertz CT molecular complexity index is 277. The minimum absolute atomic E-state index is 0.525. The van der Waals surface area contributed by atoms with Gasteiger partial charge in [-0.1, -0.05) is 24.7 Å². The van der Waals surface area contributed by atoms with Gasteiger partial charge >= 0.3 is 0 Å². The van der Waals surface area contributed by atoms with E-state index in [1.807, 2.05) is 0 Å². The van der Waals surface area contributed by atoms with E-state index in [4.69, 9.17) is 11.6 Å². The quantitative estimate of drug-likeness (QED) is 0.783. The minimum atomic E-state index is 0.525. The topological polar surface area (TPSA) is 29.0 Å². The Hall–Kier alpha value is -0.190. The van der Waals surface area contributed by atoms with Gasteiger partial charge in [0.2, 0.25) is 4.47 Å². The molecule has 0 amide bonds. The molecule has 1 atom stereocenters. The molecule has 1 aromatic heterocycles. The molecule has 0 bridgehead atoms. The van der Waals surface area contributed by atoms with Crippen molar-refractivity contribution in [3.63, 3.8) is 0 Å². The number of hydrogen-bond acceptors (Lipinski definition) is 4. The van der Waals surface area contributed by atoms with Crippen molar-refractivity contribution >= 4 is 22.9 Å². The normalized spacial score (nSPS) is 13.5. The zero-order valence-corrected chi connectivity index (χ0v) is 10.4. The van der Waals surface area contributed by atoms with Crippen LogP contribution in [0.3, 0.4) is 0 Å². The molecule has 0 aromatic carbocycles. The number of hydrogen-bond donors (Lipinski definition) is 0. The summed E-state index contributed by atoms with van der Waals surface area (Å²) in [4.78, 5) is 2.28. The summed E-state index contributed by atoms with van der Waals surface area (Å²) < 4.78 is 0.525. The summed E-state index contributed by atoms with van der Waals surface area (Å²) in [6, 6.07) is 0.586. The van der Waals surface area contributed by atoms with Crippen molar-refractivity contribution in [2.75, 3.05) is 7.05 Å². The Morgan fingerprint density at radius 2 is 2.21 bits per heavy atom. The van der Waals surface area contributed by atoms with Gasteiger partial charge in [0.15, 0.2) is 0 Å². The molecule has 1 rings (SSSR count). The highest BCUT2D eigenvalue weighted by Crippen LogP contribution is 2.17. The lowest BCUT2D eigenvalue weighted by Gasteiger charge is -2.22. The second-order valence-electron chi connectivity index (χ2n) is 3.50. The van der Waals surface area contributed by atoms with Gasteiger partial charge in [0, 0.05) is 6.04 Å². The van der Waals surface area contributed by atoms with Crippen LogP contribution in [-0.2, 0) is 6.54 Å². The van der Waals surface area contributed by atoms with E-state index >= 15 is 0 Å². The summed E-state index contributed by atoms with van der Waals surface area (Å²) in [6.07, 6.45) is 2.42. The van der Waals surface area contributed by atoms with E-state index in [1.165, 1.54) is 24.2 Å². The van der Waals surface area contributed by atoms with E-state index in [-0.39, 0.29) is 0 Å². The van der Waals surface area contributed by atoms with Gasteiger partial charge in [-0.05, 0) is 32.0 Å². The van der Waals surface area contributed by atoms with Crippen LogP contribution in [0.5, 0.6) is 0 Å². The van der Waals surface area contributed by atoms with E-state index in [2.05, 4.69) is 36.0 Å². The first-order valence-electron chi connectivity index (χ1n) is 4.81. The number of rotatable bonds is 5. The Morgan fingerprint density at radius 3 is 2.71 bits per heavy atom. The molecule has 14 heavy (non-hydrogen) atoms. The molecule has 0 radical (unpaired) electrons. The van der Waals surface area contributed by atoms with Crippen LogP contribution in [0.15, 0.2) is 0 Å². The van der Waals surface area contributed by atoms with Gasteiger partial charge in [-0.3, -0.25) is 4.90 Å². The third-order valence-corrected chi connectivity index (χ3v) is 3.29. The lowest BCUT2D eigenvalue weighted by Crippen LogP contribution is -2.28. The fraction of sp³-hybridized carbons (Fsp3) is 0.778. The predicted molar refractivity (Wildman–Crippen MR) is 60.8 cm³/mol. The monoisotopic (exact) mass is 233 g/mol. The molecule has 80 valence electrons. The Balaban J connectivity index is 2.43. The average molecular weight is 234 g/mol. The Morgan fingerprint density at radius 1 is 1.50 bits per heavy atom. The molecule has 0 fully saturated rings. The molecular formula is C9H16ClN3S. The molecular weight excluding hydrogens is 218 g/mol. The fourth-order valence-electron chi connectivity index (χ4n) is 1.30. The van der Waals surface area contributed by atoms with Crippen molar-refractivity contribution < 1.29 is 0 Å². The summed E-state index contributed by atoms with van der Waals surface area (Å²) in [5, 5.41) is 8.76. The van der Waals surface area contributed by atoms with Crippen LogP contribution < -0.4 is 0 Å². The van der Waals surface area contributed by atoms with Crippen molar-refractivity contribution in [1.82, 2.24) is 15.1 Å². The van der Waals surface area contributed by atoms with Gasteiger partial charge in [0.25, 0.3) is 0 Å². The standard InChI is InChI=1S/C9H16ClN3S/c1-4-5-7(2)13(3)6-8-11-12-9(10)14-8/h7H,4-6H2,1-3H3. The van der Waals surface area contributed by atoms with Crippen LogP contribution >= 0.6 is 22.9 Å². The maximum atomic E-state index is 5.71. The SMILES string of the molecule is CCCC(C)N(C)Cc1nnc(Cl)s1. The van der Waals surface area contributed by atoms with E-state index in [0.29, 0.717) is 10.5 Å². The first-order chi connectivity index (χ1) is 6.63. The summed E-state index contributed by atoms with van der Waals surface area (Å²) in [5.41, 5.74) is 0. The maximum Gasteiger partial charge on any atom is 0.207 e. The largest absolute Gasteiger partial charge is 0.297 e. The number of nitrogens with zero attached hydrogens (tertiary/aromatic N) is 3. The molecule has 1 unspecified atom stereocenters. The van der Waals surface area contributed by atoms with Gasteiger partial charge in [-0.2, -0.15) is 0 Å². The number of aromatic nitrogens is 2. The van der Waals surface area contributed by atoms with E-state index in [9.17, 15) is 0 Å². The van der Waals surface area contributed by atoms with E-state index in [0.717, 1.165) is 11.6 Å². The van der Waals surface area contributed by atoms with Crippen molar-refractivity contribution in [1.29, 1.82) is 0 Å². The molecule has 0 N–H and O–H groups in total. The molecule has 0 aliphatic rings. The summed E-state index contributed by atoms with van der Waals surface area (Å²) in [5.74, 6) is 0. The zero-order chi connectivity index (χ0) is 10.6. The second-order valence-corrected chi connectivity index (χ2v) is 5.15. The van der Waals surface area contributed by atoms with Crippen LogP contribution in [0.2, 0.25) is 4.47 Å². The lowest BCUT2D eigenvalue weighted by atomic mass is 10.2. The maximum absolute atomic E-state index is 5.71. The predicted octanol–water partition coefficient (Wildman–Crippen LogP) is 2.81. The molecule has 0 spiro atoms. The molecule has 0 saturated carbocycles. The van der Waals surface area contributed by atoms with Crippen molar-refractivity contribution in [2.45, 2.75) is 39.3 Å². The first kappa shape index (κ1) is 11.9. The van der Waals surface area contributed by atoms with Crippen molar-refractivity contribution in [3.8, 4) is 0 Å². The summed E-state index contributed by atoms with van der Waals surface area (Å²) in [6.45, 7) is 5.27. The van der Waals surface area contributed by atoms with Crippen LogP contribution in [0, 0.1) is 0 Å². The third-order valence-electron chi connectivity index (χ3n) is 2.29. The van der Waals surface area contributed by atoms with Gasteiger partial charge in [-0.25, -0.2) is 0 Å². The zero-order valence-electron chi connectivity index (χ0n) is 8.83. The fourth-order valence-corrected chi connectivity index (χ4v) is 2.24. The van der Waals surface area contributed by atoms with Crippen LogP contribution in [0.25, 0.3) is 0 Å². The summed E-state index contributed by atoms with van der Waals surface area (Å²) >= 11 is 7.16. The molecule has 0 aliphatic carbocycles.